The van der Waals surface area contributed by atoms with E-state index in [0.717, 1.165) is 22.4 Å². The highest BCUT2D eigenvalue weighted by Gasteiger charge is 2.20. The Morgan fingerprint density at radius 2 is 1.54 bits per heavy atom. The first-order valence-corrected chi connectivity index (χ1v) is 10.3. The Hall–Kier alpha value is -1.85. The Bertz CT molecular complexity index is 830. The number of aryl methyl sites for hydroxylation is 2. The predicted molar refractivity (Wildman–Crippen MR) is 106 cm³/mol. The number of hydrogen-bond acceptors (Lipinski definition) is 3. The molecule has 26 heavy (non-hydrogen) atoms. The standard InChI is InChI=1S/C21H29NO3S/c1-15-8-7-9-16(2)20(15)25-14-17(3)22-26(23,24)19-12-10-18(11-13-19)21(4,5)6/h7-13,17,22H,14H2,1-6H3. The third-order valence-electron chi connectivity index (χ3n) is 4.27. The maximum atomic E-state index is 12.6. The van der Waals surface area contributed by atoms with Gasteiger partial charge in [-0.25, -0.2) is 13.1 Å². The molecule has 0 saturated heterocycles. The van der Waals surface area contributed by atoms with Gasteiger partial charge in [0.1, 0.15) is 12.4 Å². The highest BCUT2D eigenvalue weighted by atomic mass is 32.2. The molecule has 1 N–H and O–H groups in total. The maximum absolute atomic E-state index is 12.6. The number of benzene rings is 2. The van der Waals surface area contributed by atoms with E-state index in [-0.39, 0.29) is 23.0 Å². The Labute approximate surface area is 157 Å². The number of ether oxygens (including phenoxy) is 1. The highest BCUT2D eigenvalue weighted by molar-refractivity contribution is 7.89. The lowest BCUT2D eigenvalue weighted by Crippen LogP contribution is -2.36. The van der Waals surface area contributed by atoms with Crippen LogP contribution < -0.4 is 9.46 Å². The number of hydrogen-bond donors (Lipinski definition) is 1. The van der Waals surface area contributed by atoms with Crippen LogP contribution in [0.25, 0.3) is 0 Å². The van der Waals surface area contributed by atoms with Gasteiger partial charge in [-0.2, -0.15) is 0 Å². The molecule has 0 aliphatic heterocycles. The lowest BCUT2D eigenvalue weighted by Gasteiger charge is -2.20. The second-order valence-electron chi connectivity index (χ2n) is 7.83. The van der Waals surface area contributed by atoms with Crippen LogP contribution in [-0.4, -0.2) is 21.1 Å². The summed E-state index contributed by atoms with van der Waals surface area (Å²) in [6.45, 7) is 12.3. The van der Waals surface area contributed by atoms with Crippen LogP contribution in [0.3, 0.4) is 0 Å². The summed E-state index contributed by atoms with van der Waals surface area (Å²) in [5.74, 6) is 0.813. The van der Waals surface area contributed by atoms with E-state index < -0.39 is 10.0 Å². The van der Waals surface area contributed by atoms with E-state index in [1.165, 1.54) is 0 Å². The van der Waals surface area contributed by atoms with Crippen molar-refractivity contribution in [3.05, 3.63) is 59.2 Å². The topological polar surface area (TPSA) is 55.4 Å². The molecular weight excluding hydrogens is 346 g/mol. The third kappa shape index (κ3) is 5.08. The minimum atomic E-state index is -3.58. The van der Waals surface area contributed by atoms with E-state index in [1.807, 2.05) is 44.2 Å². The molecule has 0 fully saturated rings. The number of sulfonamides is 1. The van der Waals surface area contributed by atoms with Crippen molar-refractivity contribution in [3.63, 3.8) is 0 Å². The van der Waals surface area contributed by atoms with Gasteiger partial charge in [-0.05, 0) is 55.0 Å². The van der Waals surface area contributed by atoms with E-state index in [1.54, 1.807) is 19.1 Å². The zero-order valence-electron chi connectivity index (χ0n) is 16.5. The van der Waals surface area contributed by atoms with E-state index in [2.05, 4.69) is 25.5 Å². The van der Waals surface area contributed by atoms with Gasteiger partial charge in [0, 0.05) is 0 Å². The Morgan fingerprint density at radius 3 is 2.04 bits per heavy atom. The quantitative estimate of drug-likeness (QED) is 0.817. The van der Waals surface area contributed by atoms with Crippen molar-refractivity contribution in [2.75, 3.05) is 6.61 Å². The highest BCUT2D eigenvalue weighted by Crippen LogP contribution is 2.24. The molecule has 0 aliphatic carbocycles. The van der Waals surface area contributed by atoms with E-state index in [4.69, 9.17) is 4.74 Å². The van der Waals surface area contributed by atoms with Crippen LogP contribution >= 0.6 is 0 Å². The van der Waals surface area contributed by atoms with E-state index in [0.29, 0.717) is 0 Å². The van der Waals surface area contributed by atoms with Gasteiger partial charge in [-0.3, -0.25) is 0 Å². The Balaban J connectivity index is 2.04. The summed E-state index contributed by atoms with van der Waals surface area (Å²) in [7, 11) is -3.58. The molecule has 2 aromatic carbocycles. The van der Waals surface area contributed by atoms with E-state index >= 15 is 0 Å². The molecule has 5 heteroatoms. The predicted octanol–water partition coefficient (Wildman–Crippen LogP) is 4.35. The maximum Gasteiger partial charge on any atom is 0.240 e. The van der Waals surface area contributed by atoms with Gasteiger partial charge in [0.15, 0.2) is 0 Å². The fourth-order valence-electron chi connectivity index (χ4n) is 2.74. The molecule has 4 nitrogen and oxygen atoms in total. The molecule has 0 amide bonds. The van der Waals surface area contributed by atoms with Gasteiger partial charge >= 0.3 is 0 Å². The van der Waals surface area contributed by atoms with Crippen LogP contribution in [-0.2, 0) is 15.4 Å². The molecule has 0 spiro atoms. The molecule has 0 saturated carbocycles. The van der Waals surface area contributed by atoms with Crippen molar-refractivity contribution in [2.45, 2.75) is 57.9 Å². The molecule has 0 radical (unpaired) electrons. The summed E-state index contributed by atoms with van der Waals surface area (Å²) in [4.78, 5) is 0.268. The first kappa shape index (κ1) is 20.5. The van der Waals surface area contributed by atoms with Crippen molar-refractivity contribution in [1.29, 1.82) is 0 Å². The molecule has 0 bridgehead atoms. The smallest absolute Gasteiger partial charge is 0.240 e. The second kappa shape index (κ2) is 7.80. The zero-order valence-corrected chi connectivity index (χ0v) is 17.3. The summed E-state index contributed by atoms with van der Waals surface area (Å²) >= 11 is 0. The van der Waals surface area contributed by atoms with Crippen LogP contribution in [0.1, 0.15) is 44.4 Å². The fourth-order valence-corrected chi connectivity index (χ4v) is 3.96. The summed E-state index contributed by atoms with van der Waals surface area (Å²) in [5, 5.41) is 0. The summed E-state index contributed by atoms with van der Waals surface area (Å²) < 4.78 is 33.7. The molecule has 2 aromatic rings. The Kier molecular flexibility index (Phi) is 6.14. The van der Waals surface area contributed by atoms with Gasteiger partial charge in [0.25, 0.3) is 0 Å². The van der Waals surface area contributed by atoms with Crippen molar-refractivity contribution in [3.8, 4) is 5.75 Å². The number of nitrogens with one attached hydrogen (secondary N) is 1. The van der Waals surface area contributed by atoms with Crippen LogP contribution in [0, 0.1) is 13.8 Å². The third-order valence-corrected chi connectivity index (χ3v) is 5.88. The molecule has 142 valence electrons. The Morgan fingerprint density at radius 1 is 1.00 bits per heavy atom. The second-order valence-corrected chi connectivity index (χ2v) is 9.54. The normalized spacial score (nSPS) is 13.5. The number of para-hydroxylation sites is 1. The van der Waals surface area contributed by atoms with Gasteiger partial charge in [0.05, 0.1) is 10.9 Å². The van der Waals surface area contributed by atoms with Crippen LogP contribution in [0.2, 0.25) is 0 Å². The first-order chi connectivity index (χ1) is 12.0. The summed E-state index contributed by atoms with van der Waals surface area (Å²) in [6, 6.07) is 12.6. The summed E-state index contributed by atoms with van der Waals surface area (Å²) in [5.41, 5.74) is 3.17. The lowest BCUT2D eigenvalue weighted by atomic mass is 9.87. The van der Waals surface area contributed by atoms with Crippen LogP contribution in [0.5, 0.6) is 5.75 Å². The van der Waals surface area contributed by atoms with Gasteiger partial charge in [0.2, 0.25) is 10.0 Å². The van der Waals surface area contributed by atoms with Gasteiger partial charge < -0.3 is 4.74 Å². The monoisotopic (exact) mass is 375 g/mol. The largest absolute Gasteiger partial charge is 0.491 e. The molecular formula is C21H29NO3S. The van der Waals surface area contributed by atoms with Crippen molar-refractivity contribution < 1.29 is 13.2 Å². The van der Waals surface area contributed by atoms with Crippen molar-refractivity contribution in [2.24, 2.45) is 0 Å². The average molecular weight is 376 g/mol. The fraction of sp³-hybridized carbons (Fsp3) is 0.429. The molecule has 2 rings (SSSR count). The zero-order chi connectivity index (χ0) is 19.5. The van der Waals surface area contributed by atoms with Gasteiger partial charge in [-0.1, -0.05) is 51.1 Å². The number of rotatable bonds is 6. The lowest BCUT2D eigenvalue weighted by molar-refractivity contribution is 0.284. The molecule has 0 heterocycles. The van der Waals surface area contributed by atoms with Crippen LogP contribution in [0.4, 0.5) is 0 Å². The average Bonchev–Trinajstić information content (AvgIpc) is 2.53. The minimum Gasteiger partial charge on any atom is -0.491 e. The van der Waals surface area contributed by atoms with Crippen LogP contribution in [0.15, 0.2) is 47.4 Å². The molecule has 1 unspecified atom stereocenters. The molecule has 0 aromatic heterocycles. The van der Waals surface area contributed by atoms with E-state index in [9.17, 15) is 8.42 Å². The van der Waals surface area contributed by atoms with Gasteiger partial charge in [-0.15, -0.1) is 0 Å². The van der Waals surface area contributed by atoms with Crippen molar-refractivity contribution in [1.82, 2.24) is 4.72 Å². The van der Waals surface area contributed by atoms with Crippen molar-refractivity contribution >= 4 is 10.0 Å². The summed E-state index contributed by atoms with van der Waals surface area (Å²) in [6.07, 6.45) is 0. The molecule has 1 atom stereocenters. The molecule has 0 aliphatic rings. The minimum absolute atomic E-state index is 0.0117. The SMILES string of the molecule is Cc1cccc(C)c1OCC(C)NS(=O)(=O)c1ccc(C(C)(C)C)cc1. The first-order valence-electron chi connectivity index (χ1n) is 8.82.